The van der Waals surface area contributed by atoms with Crippen molar-refractivity contribution < 1.29 is 0 Å². The molecule has 2 aliphatic rings. The fraction of sp³-hybridized carbons (Fsp3) is 1.00. The van der Waals surface area contributed by atoms with Gasteiger partial charge in [0.15, 0.2) is 0 Å². The molecule has 0 spiro atoms. The van der Waals surface area contributed by atoms with E-state index >= 15 is 0 Å². The fourth-order valence-corrected chi connectivity index (χ4v) is 2.89. The first kappa shape index (κ1) is 7.88. The molecule has 2 unspecified atom stereocenters. The van der Waals surface area contributed by atoms with Gasteiger partial charge in [0.1, 0.15) is 0 Å². The summed E-state index contributed by atoms with van der Waals surface area (Å²) in [5.74, 6) is 0.841. The summed E-state index contributed by atoms with van der Waals surface area (Å²) < 4.78 is 0. The van der Waals surface area contributed by atoms with Crippen LogP contribution in [0, 0.1) is 0 Å². The van der Waals surface area contributed by atoms with E-state index in [4.69, 9.17) is 11.6 Å². The summed E-state index contributed by atoms with van der Waals surface area (Å²) in [6.45, 7) is 1.34. The molecule has 2 heterocycles. The Balaban J connectivity index is 1.92. The van der Waals surface area contributed by atoms with Crippen LogP contribution in [0.15, 0.2) is 0 Å². The van der Waals surface area contributed by atoms with Gasteiger partial charge in [-0.25, -0.2) is 0 Å². The molecule has 0 radical (unpaired) electrons. The number of alkyl halides is 1. The number of fused-ring (bicyclic) bond motifs is 1. The second kappa shape index (κ2) is 3.32. The van der Waals surface area contributed by atoms with Crippen LogP contribution in [0.5, 0.6) is 0 Å². The standard InChI is InChI=1S/C9H16ClN/c10-6-5-9-4-3-8-2-1-7-11(8)9/h8-9H,1-7H2. The molecule has 64 valence electrons. The zero-order chi connectivity index (χ0) is 7.68. The van der Waals surface area contributed by atoms with E-state index in [2.05, 4.69) is 4.90 Å². The van der Waals surface area contributed by atoms with E-state index in [0.29, 0.717) is 0 Å². The Hall–Kier alpha value is 0.250. The van der Waals surface area contributed by atoms with Gasteiger partial charge in [0, 0.05) is 18.0 Å². The van der Waals surface area contributed by atoms with Crippen LogP contribution in [-0.2, 0) is 0 Å². The molecule has 2 atom stereocenters. The van der Waals surface area contributed by atoms with Gasteiger partial charge in [-0.1, -0.05) is 0 Å². The molecule has 2 saturated heterocycles. The van der Waals surface area contributed by atoms with Crippen LogP contribution in [0.2, 0.25) is 0 Å². The maximum atomic E-state index is 5.75. The van der Waals surface area contributed by atoms with E-state index in [1.165, 1.54) is 38.6 Å². The number of hydrogen-bond donors (Lipinski definition) is 0. The van der Waals surface area contributed by atoms with Crippen molar-refractivity contribution in [2.75, 3.05) is 12.4 Å². The van der Waals surface area contributed by atoms with Gasteiger partial charge in [-0.2, -0.15) is 0 Å². The van der Waals surface area contributed by atoms with Crippen molar-refractivity contribution in [3.05, 3.63) is 0 Å². The molecular weight excluding hydrogens is 158 g/mol. The Morgan fingerprint density at radius 1 is 1.27 bits per heavy atom. The van der Waals surface area contributed by atoms with Crippen molar-refractivity contribution in [1.29, 1.82) is 0 Å². The quantitative estimate of drug-likeness (QED) is 0.579. The maximum Gasteiger partial charge on any atom is 0.0238 e. The zero-order valence-electron chi connectivity index (χ0n) is 6.93. The lowest BCUT2D eigenvalue weighted by molar-refractivity contribution is 0.241. The van der Waals surface area contributed by atoms with Crippen molar-refractivity contribution in [2.24, 2.45) is 0 Å². The SMILES string of the molecule is ClCCC1CCC2CCCN12. The molecule has 0 N–H and O–H groups in total. The van der Waals surface area contributed by atoms with E-state index in [-0.39, 0.29) is 0 Å². The first-order valence-corrected chi connectivity index (χ1v) is 5.27. The van der Waals surface area contributed by atoms with Crippen molar-refractivity contribution in [2.45, 2.75) is 44.2 Å². The number of nitrogens with zero attached hydrogens (tertiary/aromatic N) is 1. The van der Waals surface area contributed by atoms with E-state index in [1.807, 2.05) is 0 Å². The average molecular weight is 174 g/mol. The van der Waals surface area contributed by atoms with Crippen LogP contribution in [0.1, 0.15) is 32.1 Å². The van der Waals surface area contributed by atoms with Gasteiger partial charge in [0.05, 0.1) is 0 Å². The Labute approximate surface area is 73.7 Å². The predicted octanol–water partition coefficient (Wildman–Crippen LogP) is 2.24. The Morgan fingerprint density at radius 3 is 3.00 bits per heavy atom. The largest absolute Gasteiger partial charge is 0.297 e. The van der Waals surface area contributed by atoms with Crippen molar-refractivity contribution in [3.63, 3.8) is 0 Å². The molecule has 1 nitrogen and oxygen atoms in total. The highest BCUT2D eigenvalue weighted by Crippen LogP contribution is 2.33. The summed E-state index contributed by atoms with van der Waals surface area (Å²) >= 11 is 5.75. The van der Waals surface area contributed by atoms with Crippen LogP contribution in [0.4, 0.5) is 0 Å². The van der Waals surface area contributed by atoms with Crippen molar-refractivity contribution in [1.82, 2.24) is 4.90 Å². The van der Waals surface area contributed by atoms with Gasteiger partial charge >= 0.3 is 0 Å². The normalized spacial score (nSPS) is 37.9. The Bertz CT molecular complexity index is 136. The second-order valence-corrected chi connectivity index (χ2v) is 4.12. The third-order valence-electron chi connectivity index (χ3n) is 3.17. The fourth-order valence-electron chi connectivity index (χ4n) is 2.64. The smallest absolute Gasteiger partial charge is 0.0238 e. The summed E-state index contributed by atoms with van der Waals surface area (Å²) in [5, 5.41) is 0. The van der Waals surface area contributed by atoms with Gasteiger partial charge in [-0.3, -0.25) is 4.90 Å². The van der Waals surface area contributed by atoms with E-state index in [0.717, 1.165) is 18.0 Å². The molecule has 2 fully saturated rings. The minimum absolute atomic E-state index is 0.833. The highest BCUT2D eigenvalue weighted by atomic mass is 35.5. The first-order valence-electron chi connectivity index (χ1n) is 4.73. The van der Waals surface area contributed by atoms with Crippen LogP contribution < -0.4 is 0 Å². The minimum atomic E-state index is 0.833. The maximum absolute atomic E-state index is 5.75. The third-order valence-corrected chi connectivity index (χ3v) is 3.39. The molecule has 2 aliphatic heterocycles. The zero-order valence-corrected chi connectivity index (χ0v) is 7.69. The molecule has 0 amide bonds. The van der Waals surface area contributed by atoms with Crippen LogP contribution >= 0.6 is 11.6 Å². The second-order valence-electron chi connectivity index (χ2n) is 3.74. The Morgan fingerprint density at radius 2 is 2.18 bits per heavy atom. The summed E-state index contributed by atoms with van der Waals surface area (Å²) in [6, 6.07) is 1.77. The monoisotopic (exact) mass is 173 g/mol. The van der Waals surface area contributed by atoms with E-state index in [9.17, 15) is 0 Å². The van der Waals surface area contributed by atoms with Crippen molar-refractivity contribution in [3.8, 4) is 0 Å². The number of hydrogen-bond acceptors (Lipinski definition) is 1. The van der Waals surface area contributed by atoms with Crippen LogP contribution in [-0.4, -0.2) is 29.4 Å². The van der Waals surface area contributed by atoms with Crippen molar-refractivity contribution >= 4 is 11.6 Å². The van der Waals surface area contributed by atoms with Crippen LogP contribution in [0.25, 0.3) is 0 Å². The highest BCUT2D eigenvalue weighted by molar-refractivity contribution is 6.17. The molecule has 0 aliphatic carbocycles. The molecule has 0 saturated carbocycles. The van der Waals surface area contributed by atoms with Gasteiger partial charge in [-0.05, 0) is 38.6 Å². The highest BCUT2D eigenvalue weighted by Gasteiger charge is 2.35. The molecule has 2 rings (SSSR count). The molecule has 0 aromatic carbocycles. The number of halogens is 1. The summed E-state index contributed by atoms with van der Waals surface area (Å²) in [4.78, 5) is 2.68. The molecule has 0 bridgehead atoms. The van der Waals surface area contributed by atoms with Gasteiger partial charge in [-0.15, -0.1) is 11.6 Å². The average Bonchev–Trinajstić information content (AvgIpc) is 2.53. The molecule has 2 heteroatoms. The lowest BCUT2D eigenvalue weighted by Gasteiger charge is -2.22. The van der Waals surface area contributed by atoms with Gasteiger partial charge in [0.25, 0.3) is 0 Å². The Kier molecular flexibility index (Phi) is 2.38. The minimum Gasteiger partial charge on any atom is -0.297 e. The summed E-state index contributed by atoms with van der Waals surface area (Å²) in [6.07, 6.45) is 6.90. The van der Waals surface area contributed by atoms with Crippen LogP contribution in [0.3, 0.4) is 0 Å². The van der Waals surface area contributed by atoms with Gasteiger partial charge in [0.2, 0.25) is 0 Å². The first-order chi connectivity index (χ1) is 5.42. The molecule has 0 aromatic rings. The topological polar surface area (TPSA) is 3.24 Å². The summed E-state index contributed by atoms with van der Waals surface area (Å²) in [7, 11) is 0. The lowest BCUT2D eigenvalue weighted by Crippen LogP contribution is -2.31. The predicted molar refractivity (Wildman–Crippen MR) is 48.1 cm³/mol. The van der Waals surface area contributed by atoms with E-state index < -0.39 is 0 Å². The molecular formula is C9H16ClN. The summed E-state index contributed by atoms with van der Waals surface area (Å²) in [5.41, 5.74) is 0. The molecule has 0 aromatic heterocycles. The number of rotatable bonds is 2. The lowest BCUT2D eigenvalue weighted by atomic mass is 10.1. The third kappa shape index (κ3) is 1.41. The van der Waals surface area contributed by atoms with E-state index in [1.54, 1.807) is 0 Å². The molecule has 11 heavy (non-hydrogen) atoms. The van der Waals surface area contributed by atoms with Gasteiger partial charge < -0.3 is 0 Å².